The standard InChI is InChI=1S/C18H12F3N5O2/c19-18(20,21)15-10-16(24-17(23-15)13-6-2-1-3-7-13)25-22-11-12-5-4-8-14(9-12)26(27)28/h1-11H,(H,23,24,25)/b22-11+. The summed E-state index contributed by atoms with van der Waals surface area (Å²) in [7, 11) is 0. The maximum absolute atomic E-state index is 13.2. The van der Waals surface area contributed by atoms with Crippen molar-refractivity contribution in [3.63, 3.8) is 0 Å². The van der Waals surface area contributed by atoms with Crippen LogP contribution in [0.2, 0.25) is 0 Å². The molecule has 0 bridgehead atoms. The lowest BCUT2D eigenvalue weighted by molar-refractivity contribution is -0.384. The number of anilines is 1. The van der Waals surface area contributed by atoms with Crippen LogP contribution in [0.15, 0.2) is 65.8 Å². The highest BCUT2D eigenvalue weighted by Crippen LogP contribution is 2.30. The van der Waals surface area contributed by atoms with Gasteiger partial charge in [-0.3, -0.25) is 15.5 Å². The maximum atomic E-state index is 13.2. The summed E-state index contributed by atoms with van der Waals surface area (Å²) in [5.74, 6) is -0.272. The first-order chi connectivity index (χ1) is 13.3. The number of nitrogens with one attached hydrogen (secondary N) is 1. The van der Waals surface area contributed by atoms with Crippen molar-refractivity contribution in [2.45, 2.75) is 6.18 Å². The summed E-state index contributed by atoms with van der Waals surface area (Å²) in [6, 6.07) is 14.6. The molecule has 10 heteroatoms. The van der Waals surface area contributed by atoms with E-state index in [2.05, 4.69) is 20.5 Å². The Morgan fingerprint density at radius 1 is 1.04 bits per heavy atom. The Hall–Kier alpha value is -3.82. The molecular formula is C18H12F3N5O2. The monoisotopic (exact) mass is 387 g/mol. The Balaban J connectivity index is 1.89. The molecule has 1 N–H and O–H groups in total. The van der Waals surface area contributed by atoms with Gasteiger partial charge in [0.15, 0.2) is 17.3 Å². The lowest BCUT2D eigenvalue weighted by Crippen LogP contribution is -2.11. The summed E-state index contributed by atoms with van der Waals surface area (Å²) < 4.78 is 39.5. The molecule has 0 atom stereocenters. The predicted octanol–water partition coefficient (Wildman–Crippen LogP) is 4.52. The highest BCUT2D eigenvalue weighted by atomic mass is 19.4. The van der Waals surface area contributed by atoms with Crippen LogP contribution in [0.1, 0.15) is 11.3 Å². The normalized spacial score (nSPS) is 11.5. The zero-order valence-electron chi connectivity index (χ0n) is 14.1. The highest BCUT2D eigenvalue weighted by Gasteiger charge is 2.33. The third-order valence-electron chi connectivity index (χ3n) is 3.52. The van der Waals surface area contributed by atoms with Gasteiger partial charge in [0, 0.05) is 29.3 Å². The van der Waals surface area contributed by atoms with Crippen LogP contribution in [-0.4, -0.2) is 21.1 Å². The summed E-state index contributed by atoms with van der Waals surface area (Å²) in [5.41, 5.74) is 1.98. The van der Waals surface area contributed by atoms with E-state index in [4.69, 9.17) is 0 Å². The molecule has 0 amide bonds. The first-order valence-corrected chi connectivity index (χ1v) is 7.88. The second-order valence-corrected chi connectivity index (χ2v) is 5.55. The van der Waals surface area contributed by atoms with Crippen molar-refractivity contribution in [3.05, 3.63) is 82.0 Å². The van der Waals surface area contributed by atoms with Crippen LogP contribution in [0.25, 0.3) is 11.4 Å². The van der Waals surface area contributed by atoms with Gasteiger partial charge in [0.1, 0.15) is 0 Å². The minimum atomic E-state index is -4.66. The van der Waals surface area contributed by atoms with Crippen LogP contribution < -0.4 is 5.43 Å². The molecule has 0 radical (unpaired) electrons. The second kappa shape index (κ2) is 7.82. The van der Waals surface area contributed by atoms with E-state index in [1.165, 1.54) is 24.4 Å². The lowest BCUT2D eigenvalue weighted by atomic mass is 10.2. The molecule has 0 saturated heterocycles. The molecule has 3 aromatic rings. The molecule has 0 aliphatic rings. The van der Waals surface area contributed by atoms with Crippen molar-refractivity contribution in [1.29, 1.82) is 0 Å². The molecule has 0 fully saturated rings. The number of non-ortho nitro benzene ring substituents is 1. The fourth-order valence-electron chi connectivity index (χ4n) is 2.26. The van der Waals surface area contributed by atoms with Gasteiger partial charge in [-0.15, -0.1) is 0 Å². The molecule has 0 aliphatic heterocycles. The van der Waals surface area contributed by atoms with Gasteiger partial charge in [-0.05, 0) is 0 Å². The van der Waals surface area contributed by atoms with Crippen LogP contribution in [0.4, 0.5) is 24.7 Å². The predicted molar refractivity (Wildman–Crippen MR) is 96.8 cm³/mol. The molecule has 1 aromatic heterocycles. The van der Waals surface area contributed by atoms with E-state index in [9.17, 15) is 23.3 Å². The molecule has 3 rings (SSSR count). The SMILES string of the molecule is O=[N+]([O-])c1cccc(/C=N/Nc2cc(C(F)(F)F)nc(-c3ccccc3)n2)c1. The molecule has 0 saturated carbocycles. The van der Waals surface area contributed by atoms with Crippen LogP contribution in [-0.2, 0) is 6.18 Å². The number of aromatic nitrogens is 2. The Labute approximate surface area is 156 Å². The zero-order chi connectivity index (χ0) is 20.1. The van der Waals surface area contributed by atoms with Gasteiger partial charge in [-0.1, -0.05) is 42.5 Å². The van der Waals surface area contributed by atoms with Gasteiger partial charge in [-0.2, -0.15) is 18.3 Å². The third kappa shape index (κ3) is 4.67. The van der Waals surface area contributed by atoms with Crippen molar-refractivity contribution < 1.29 is 18.1 Å². The average Bonchev–Trinajstić information content (AvgIpc) is 2.68. The van der Waals surface area contributed by atoms with Gasteiger partial charge in [-0.25, -0.2) is 9.97 Å². The Morgan fingerprint density at radius 3 is 2.46 bits per heavy atom. The van der Waals surface area contributed by atoms with Gasteiger partial charge < -0.3 is 0 Å². The summed E-state index contributed by atoms with van der Waals surface area (Å²) in [5, 5.41) is 14.6. The molecule has 1 heterocycles. The van der Waals surface area contributed by atoms with Crippen molar-refractivity contribution in [3.8, 4) is 11.4 Å². The summed E-state index contributed by atoms with van der Waals surface area (Å²) in [6.07, 6.45) is -3.42. The maximum Gasteiger partial charge on any atom is 0.433 e. The Morgan fingerprint density at radius 2 is 1.79 bits per heavy atom. The van der Waals surface area contributed by atoms with E-state index in [-0.39, 0.29) is 17.3 Å². The molecule has 0 unspecified atom stereocenters. The van der Waals surface area contributed by atoms with E-state index in [0.717, 1.165) is 6.07 Å². The minimum Gasteiger partial charge on any atom is -0.261 e. The fraction of sp³-hybridized carbons (Fsp3) is 0.0556. The topological polar surface area (TPSA) is 93.3 Å². The number of halogens is 3. The molecule has 142 valence electrons. The number of hydrogen-bond acceptors (Lipinski definition) is 6. The van der Waals surface area contributed by atoms with E-state index >= 15 is 0 Å². The number of rotatable bonds is 5. The van der Waals surface area contributed by atoms with Gasteiger partial charge >= 0.3 is 6.18 Å². The van der Waals surface area contributed by atoms with E-state index in [1.54, 1.807) is 36.4 Å². The van der Waals surface area contributed by atoms with Crippen LogP contribution in [0.3, 0.4) is 0 Å². The van der Waals surface area contributed by atoms with Crippen molar-refractivity contribution >= 4 is 17.7 Å². The smallest absolute Gasteiger partial charge is 0.261 e. The van der Waals surface area contributed by atoms with Gasteiger partial charge in [0.05, 0.1) is 11.1 Å². The molecule has 7 nitrogen and oxygen atoms in total. The van der Waals surface area contributed by atoms with Gasteiger partial charge in [0.2, 0.25) is 0 Å². The molecular weight excluding hydrogens is 375 g/mol. The summed E-state index contributed by atoms with van der Waals surface area (Å²) in [6.45, 7) is 0. The van der Waals surface area contributed by atoms with Crippen LogP contribution in [0, 0.1) is 10.1 Å². The zero-order valence-corrected chi connectivity index (χ0v) is 14.1. The average molecular weight is 387 g/mol. The van der Waals surface area contributed by atoms with Gasteiger partial charge in [0.25, 0.3) is 5.69 Å². The number of benzene rings is 2. The number of hydrogen-bond donors (Lipinski definition) is 1. The Bertz CT molecular complexity index is 1020. The first kappa shape index (κ1) is 19.0. The second-order valence-electron chi connectivity index (χ2n) is 5.55. The summed E-state index contributed by atoms with van der Waals surface area (Å²) >= 11 is 0. The van der Waals surface area contributed by atoms with Crippen molar-refractivity contribution in [1.82, 2.24) is 9.97 Å². The first-order valence-electron chi connectivity index (χ1n) is 7.88. The van der Waals surface area contributed by atoms with E-state index < -0.39 is 16.8 Å². The van der Waals surface area contributed by atoms with Crippen molar-refractivity contribution in [2.24, 2.45) is 5.10 Å². The summed E-state index contributed by atoms with van der Waals surface area (Å²) in [4.78, 5) is 17.8. The lowest BCUT2D eigenvalue weighted by Gasteiger charge is -2.10. The van der Waals surface area contributed by atoms with Crippen LogP contribution in [0.5, 0.6) is 0 Å². The number of hydrazone groups is 1. The fourth-order valence-corrected chi connectivity index (χ4v) is 2.26. The minimum absolute atomic E-state index is 0.108. The quantitative estimate of drug-likeness (QED) is 0.395. The highest BCUT2D eigenvalue weighted by molar-refractivity contribution is 5.81. The molecule has 2 aromatic carbocycles. The largest absolute Gasteiger partial charge is 0.433 e. The van der Waals surface area contributed by atoms with E-state index in [0.29, 0.717) is 11.1 Å². The number of nitrogens with zero attached hydrogens (tertiary/aromatic N) is 4. The number of nitro groups is 1. The van der Waals surface area contributed by atoms with E-state index in [1.807, 2.05) is 0 Å². The van der Waals surface area contributed by atoms with Crippen LogP contribution >= 0.6 is 0 Å². The molecule has 0 spiro atoms. The number of alkyl halides is 3. The number of nitro benzene ring substituents is 1. The molecule has 28 heavy (non-hydrogen) atoms. The third-order valence-corrected chi connectivity index (χ3v) is 3.52. The van der Waals surface area contributed by atoms with Crippen molar-refractivity contribution in [2.75, 3.05) is 5.43 Å². The molecule has 0 aliphatic carbocycles. The Kier molecular flexibility index (Phi) is 5.30.